The van der Waals surface area contributed by atoms with Gasteiger partial charge in [-0.1, -0.05) is 6.07 Å². The number of hydrogen-bond donors (Lipinski definition) is 0. The maximum absolute atomic E-state index is 12.9. The van der Waals surface area contributed by atoms with E-state index in [1.165, 1.54) is 18.6 Å². The van der Waals surface area contributed by atoms with E-state index in [0.717, 1.165) is 37.8 Å². The third-order valence-corrected chi connectivity index (χ3v) is 6.70. The van der Waals surface area contributed by atoms with Crippen LogP contribution >= 0.6 is 0 Å². The van der Waals surface area contributed by atoms with Crippen molar-refractivity contribution in [2.45, 2.75) is 31.1 Å². The molecule has 0 bridgehead atoms. The molecule has 2 aliphatic heterocycles. The van der Waals surface area contributed by atoms with Gasteiger partial charge in [0, 0.05) is 51.1 Å². The van der Waals surface area contributed by atoms with Crippen molar-refractivity contribution in [3.05, 3.63) is 29.3 Å². The maximum Gasteiger partial charge on any atom is 0.254 e. The van der Waals surface area contributed by atoms with Crippen LogP contribution in [0, 0.1) is 6.92 Å². The third-order valence-electron chi connectivity index (χ3n) is 5.59. The number of benzene rings is 1. The van der Waals surface area contributed by atoms with Crippen LogP contribution in [0.5, 0.6) is 0 Å². The number of aryl methyl sites for hydroxylation is 1. The minimum atomic E-state index is -3.36. The van der Waals surface area contributed by atoms with Crippen molar-refractivity contribution in [2.24, 2.45) is 0 Å². The van der Waals surface area contributed by atoms with Crippen LogP contribution in [0.3, 0.4) is 0 Å². The van der Waals surface area contributed by atoms with Gasteiger partial charge in [-0.2, -0.15) is 0 Å². The first-order chi connectivity index (χ1) is 13.3. The number of piperazine rings is 1. The van der Waals surface area contributed by atoms with Crippen LogP contribution in [0.2, 0.25) is 0 Å². The lowest BCUT2D eigenvalue weighted by Gasteiger charge is -2.36. The zero-order valence-corrected chi connectivity index (χ0v) is 17.5. The third kappa shape index (κ3) is 4.91. The van der Waals surface area contributed by atoms with Gasteiger partial charge in [0.05, 0.1) is 11.4 Å². The molecule has 0 aromatic heterocycles. The molecule has 2 heterocycles. The van der Waals surface area contributed by atoms with Crippen LogP contribution in [0.4, 0.5) is 0 Å². The fraction of sp³-hybridized carbons (Fsp3) is 0.600. The highest BCUT2D eigenvalue weighted by atomic mass is 32.2. The van der Waals surface area contributed by atoms with Crippen molar-refractivity contribution >= 4 is 21.7 Å². The second-order valence-corrected chi connectivity index (χ2v) is 9.77. The summed E-state index contributed by atoms with van der Waals surface area (Å²) in [4.78, 5) is 31.3. The minimum Gasteiger partial charge on any atom is -0.342 e. The van der Waals surface area contributed by atoms with Crippen LogP contribution in [0.15, 0.2) is 23.1 Å². The number of hydrogen-bond acceptors (Lipinski definition) is 5. The lowest BCUT2D eigenvalue weighted by atomic mass is 10.1. The van der Waals surface area contributed by atoms with E-state index in [1.807, 2.05) is 11.8 Å². The van der Waals surface area contributed by atoms with E-state index < -0.39 is 9.84 Å². The molecule has 0 saturated carbocycles. The number of rotatable bonds is 4. The molecule has 2 aliphatic rings. The molecule has 0 radical (unpaired) electrons. The molecule has 1 aromatic carbocycles. The molecular formula is C20H29N3O4S. The monoisotopic (exact) mass is 407 g/mol. The Balaban J connectivity index is 1.59. The fourth-order valence-corrected chi connectivity index (χ4v) is 4.42. The SMILES string of the molecule is Cc1ccc(S(C)(=O)=O)cc1C(=O)N1CCN(CC(=O)N2CCCCC2)CC1. The summed E-state index contributed by atoms with van der Waals surface area (Å²) in [5.41, 5.74) is 1.20. The molecule has 0 aliphatic carbocycles. The Bertz CT molecular complexity index is 839. The molecule has 7 nitrogen and oxygen atoms in total. The molecule has 1 aromatic rings. The lowest BCUT2D eigenvalue weighted by Crippen LogP contribution is -2.52. The molecule has 0 atom stereocenters. The Labute approximate surface area is 167 Å². The predicted molar refractivity (Wildman–Crippen MR) is 107 cm³/mol. The van der Waals surface area contributed by atoms with Crippen LogP contribution < -0.4 is 0 Å². The number of carbonyl (C=O) groups excluding carboxylic acids is 2. The van der Waals surface area contributed by atoms with E-state index in [9.17, 15) is 18.0 Å². The van der Waals surface area contributed by atoms with Crippen molar-refractivity contribution in [3.8, 4) is 0 Å². The van der Waals surface area contributed by atoms with E-state index >= 15 is 0 Å². The number of likely N-dealkylation sites (tertiary alicyclic amines) is 1. The second kappa shape index (κ2) is 8.61. The molecular weight excluding hydrogens is 378 g/mol. The second-order valence-electron chi connectivity index (χ2n) is 7.76. The van der Waals surface area contributed by atoms with Crippen LogP contribution in [0.1, 0.15) is 35.2 Å². The van der Waals surface area contributed by atoms with Gasteiger partial charge in [-0.05, 0) is 43.9 Å². The zero-order valence-electron chi connectivity index (χ0n) is 16.7. The Morgan fingerprint density at radius 3 is 2.18 bits per heavy atom. The van der Waals surface area contributed by atoms with E-state index in [0.29, 0.717) is 38.3 Å². The van der Waals surface area contributed by atoms with Crippen molar-refractivity contribution in [2.75, 3.05) is 52.1 Å². The first kappa shape index (κ1) is 20.8. The normalized spacial score (nSPS) is 18.9. The van der Waals surface area contributed by atoms with Gasteiger partial charge >= 0.3 is 0 Å². The van der Waals surface area contributed by atoms with Gasteiger partial charge < -0.3 is 9.80 Å². The summed E-state index contributed by atoms with van der Waals surface area (Å²) < 4.78 is 23.6. The summed E-state index contributed by atoms with van der Waals surface area (Å²) in [6, 6.07) is 4.68. The summed E-state index contributed by atoms with van der Waals surface area (Å²) in [7, 11) is -3.36. The summed E-state index contributed by atoms with van der Waals surface area (Å²) in [5.74, 6) is 0.0289. The topological polar surface area (TPSA) is 78.0 Å². The van der Waals surface area contributed by atoms with Gasteiger partial charge in [-0.15, -0.1) is 0 Å². The molecule has 154 valence electrons. The lowest BCUT2D eigenvalue weighted by molar-refractivity contribution is -0.133. The molecule has 0 unspecified atom stereocenters. The number of nitrogens with zero attached hydrogens (tertiary/aromatic N) is 3. The number of amides is 2. The van der Waals surface area contributed by atoms with E-state index in [2.05, 4.69) is 4.90 Å². The quantitative estimate of drug-likeness (QED) is 0.749. The van der Waals surface area contributed by atoms with Gasteiger partial charge in [0.15, 0.2) is 9.84 Å². The number of carbonyl (C=O) groups is 2. The standard InChI is InChI=1S/C20H29N3O4S/c1-16-6-7-17(28(2,26)27)14-18(16)20(25)23-12-10-21(11-13-23)15-19(24)22-8-4-3-5-9-22/h6-7,14H,3-5,8-13,15H2,1-2H3. The Hall–Kier alpha value is -1.93. The molecule has 3 rings (SSSR count). The van der Waals surface area contributed by atoms with E-state index in [4.69, 9.17) is 0 Å². The van der Waals surface area contributed by atoms with Gasteiger partial charge in [0.2, 0.25) is 5.91 Å². The number of sulfone groups is 1. The molecule has 2 fully saturated rings. The van der Waals surface area contributed by atoms with Crippen molar-refractivity contribution in [3.63, 3.8) is 0 Å². The van der Waals surface area contributed by atoms with Crippen molar-refractivity contribution in [1.29, 1.82) is 0 Å². The first-order valence-electron chi connectivity index (χ1n) is 9.86. The van der Waals surface area contributed by atoms with E-state index in [-0.39, 0.29) is 16.7 Å². The summed E-state index contributed by atoms with van der Waals surface area (Å²) in [6.07, 6.45) is 4.51. The smallest absolute Gasteiger partial charge is 0.254 e. The molecule has 0 spiro atoms. The summed E-state index contributed by atoms with van der Waals surface area (Å²) >= 11 is 0. The Morgan fingerprint density at radius 2 is 1.57 bits per heavy atom. The van der Waals surface area contributed by atoms with Crippen molar-refractivity contribution < 1.29 is 18.0 Å². The summed E-state index contributed by atoms with van der Waals surface area (Å²) in [5, 5.41) is 0. The summed E-state index contributed by atoms with van der Waals surface area (Å²) in [6.45, 7) is 6.30. The van der Waals surface area contributed by atoms with Gasteiger partial charge in [0.25, 0.3) is 5.91 Å². The molecule has 2 saturated heterocycles. The Kier molecular flexibility index (Phi) is 6.40. The number of piperidine rings is 1. The van der Waals surface area contributed by atoms with Crippen LogP contribution in [0.25, 0.3) is 0 Å². The van der Waals surface area contributed by atoms with E-state index in [1.54, 1.807) is 11.0 Å². The molecule has 2 amide bonds. The average molecular weight is 408 g/mol. The largest absolute Gasteiger partial charge is 0.342 e. The average Bonchev–Trinajstić information content (AvgIpc) is 2.68. The van der Waals surface area contributed by atoms with Gasteiger partial charge in [0.1, 0.15) is 0 Å². The minimum absolute atomic E-state index is 0.148. The highest BCUT2D eigenvalue weighted by Gasteiger charge is 2.26. The first-order valence-corrected chi connectivity index (χ1v) is 11.7. The Morgan fingerprint density at radius 1 is 0.929 bits per heavy atom. The van der Waals surface area contributed by atoms with Crippen LogP contribution in [-0.4, -0.2) is 87.0 Å². The molecule has 28 heavy (non-hydrogen) atoms. The maximum atomic E-state index is 12.9. The van der Waals surface area contributed by atoms with Crippen molar-refractivity contribution in [1.82, 2.24) is 14.7 Å². The highest BCUT2D eigenvalue weighted by Crippen LogP contribution is 2.18. The highest BCUT2D eigenvalue weighted by molar-refractivity contribution is 7.90. The zero-order chi connectivity index (χ0) is 20.3. The molecule has 0 N–H and O–H groups in total. The van der Waals surface area contributed by atoms with Crippen LogP contribution in [-0.2, 0) is 14.6 Å². The van der Waals surface area contributed by atoms with Gasteiger partial charge in [-0.25, -0.2) is 8.42 Å². The molecule has 8 heteroatoms. The predicted octanol–water partition coefficient (Wildman–Crippen LogP) is 1.17. The van der Waals surface area contributed by atoms with Gasteiger partial charge in [-0.3, -0.25) is 14.5 Å². The fourth-order valence-electron chi connectivity index (χ4n) is 3.78.